The van der Waals surface area contributed by atoms with Gasteiger partial charge in [0, 0.05) is 17.3 Å². The molecule has 2 aromatic heterocycles. The zero-order valence-corrected chi connectivity index (χ0v) is 10.7. The van der Waals surface area contributed by atoms with E-state index in [0.717, 1.165) is 5.69 Å². The molecule has 0 saturated carbocycles. The maximum absolute atomic E-state index is 4.41. The smallest absolute Gasteiger partial charge is 0.121 e. The number of fused-ring (bicyclic) bond motifs is 1. The molecule has 0 unspecified atom stereocenters. The van der Waals surface area contributed by atoms with Crippen molar-refractivity contribution in [2.75, 3.05) is 0 Å². The molecule has 0 radical (unpaired) electrons. The average Bonchev–Trinajstić information content (AvgIpc) is 2.68. The first kappa shape index (κ1) is 10.4. The molecule has 3 heteroatoms. The number of rotatable bonds is 1. The van der Waals surface area contributed by atoms with Crippen LogP contribution in [0.2, 0.25) is 0 Å². The zero-order valence-electron chi connectivity index (χ0n) is 9.88. The fourth-order valence-electron chi connectivity index (χ4n) is 1.64. The summed E-state index contributed by atoms with van der Waals surface area (Å²) in [5.74, 6) is 0. The van der Waals surface area contributed by atoms with E-state index in [9.17, 15) is 0 Å². The third-order valence-corrected chi connectivity index (χ3v) is 4.14. The number of aromatic nitrogens is 2. The zero-order chi connectivity index (χ0) is 11.2. The van der Waals surface area contributed by atoms with Crippen LogP contribution < -0.4 is 0 Å². The monoisotopic (exact) mass is 220 g/mol. The molecule has 2 aromatic rings. The lowest BCUT2D eigenvalue weighted by molar-refractivity contribution is 0.788. The second-order valence-electron chi connectivity index (χ2n) is 4.16. The highest BCUT2D eigenvalue weighted by Gasteiger charge is 2.10. The highest BCUT2D eigenvalue weighted by molar-refractivity contribution is 7.19. The summed E-state index contributed by atoms with van der Waals surface area (Å²) in [6, 6.07) is 2.25. The molecule has 0 amide bonds. The minimum absolute atomic E-state index is 1.12. The van der Waals surface area contributed by atoms with Gasteiger partial charge in [0.25, 0.3) is 0 Å². The van der Waals surface area contributed by atoms with Crippen molar-refractivity contribution in [2.24, 2.45) is 7.05 Å². The summed E-state index contributed by atoms with van der Waals surface area (Å²) < 4.78 is 1.97. The van der Waals surface area contributed by atoms with E-state index in [0.29, 0.717) is 0 Å². The van der Waals surface area contributed by atoms with E-state index in [1.165, 1.54) is 26.2 Å². The van der Waals surface area contributed by atoms with Crippen molar-refractivity contribution in [1.82, 2.24) is 9.78 Å². The Hall–Kier alpha value is -1.09. The normalized spacial score (nSPS) is 11.0. The molecule has 0 N–H and O–H groups in total. The topological polar surface area (TPSA) is 17.8 Å². The van der Waals surface area contributed by atoms with Crippen molar-refractivity contribution in [1.29, 1.82) is 0 Å². The van der Waals surface area contributed by atoms with Crippen LogP contribution in [0.5, 0.6) is 0 Å². The van der Waals surface area contributed by atoms with Crippen LogP contribution >= 0.6 is 11.3 Å². The highest BCUT2D eigenvalue weighted by Crippen LogP contribution is 2.32. The molecule has 0 aliphatic heterocycles. The van der Waals surface area contributed by atoms with Gasteiger partial charge in [-0.25, -0.2) is 0 Å². The van der Waals surface area contributed by atoms with Crippen molar-refractivity contribution in [3.05, 3.63) is 22.2 Å². The second kappa shape index (κ2) is 3.49. The molecule has 0 aliphatic rings. The summed E-state index contributed by atoms with van der Waals surface area (Å²) in [5, 5.41) is 5.70. The van der Waals surface area contributed by atoms with Gasteiger partial charge in [-0.05, 0) is 39.3 Å². The summed E-state index contributed by atoms with van der Waals surface area (Å²) in [6.45, 7) is 8.56. The Balaban J connectivity index is 2.67. The maximum atomic E-state index is 4.41. The molecule has 15 heavy (non-hydrogen) atoms. The van der Waals surface area contributed by atoms with Gasteiger partial charge in [-0.1, -0.05) is 5.57 Å². The standard InChI is InChI=1S/C12H16N2S/c1-7(2)8(3)11-6-10-9(4)13-14(5)12(10)15-11/h6H,1-5H3. The number of allylic oxidation sites excluding steroid dienone is 2. The number of nitrogens with zero attached hydrogens (tertiary/aromatic N) is 2. The predicted molar refractivity (Wildman–Crippen MR) is 67.3 cm³/mol. The van der Waals surface area contributed by atoms with Crippen LogP contribution in [-0.4, -0.2) is 9.78 Å². The van der Waals surface area contributed by atoms with E-state index in [4.69, 9.17) is 0 Å². The molecular weight excluding hydrogens is 204 g/mol. The predicted octanol–water partition coefficient (Wildman–Crippen LogP) is 3.76. The SMILES string of the molecule is CC(C)=C(C)c1cc2c(C)nn(C)c2s1. The van der Waals surface area contributed by atoms with E-state index < -0.39 is 0 Å². The molecular formula is C12H16N2S. The van der Waals surface area contributed by atoms with Crippen molar-refractivity contribution in [2.45, 2.75) is 27.7 Å². The number of hydrogen-bond donors (Lipinski definition) is 0. The highest BCUT2D eigenvalue weighted by atomic mass is 32.1. The minimum Gasteiger partial charge on any atom is -0.258 e. The molecule has 0 spiro atoms. The van der Waals surface area contributed by atoms with Gasteiger partial charge in [0.15, 0.2) is 0 Å². The first-order chi connectivity index (χ1) is 7.00. The molecule has 0 bridgehead atoms. The summed E-state index contributed by atoms with van der Waals surface area (Å²) in [5.41, 5.74) is 3.89. The van der Waals surface area contributed by atoms with E-state index in [1.54, 1.807) is 0 Å². The van der Waals surface area contributed by atoms with Crippen LogP contribution in [0.25, 0.3) is 15.8 Å². The van der Waals surface area contributed by atoms with Crippen molar-refractivity contribution in [3.8, 4) is 0 Å². The van der Waals surface area contributed by atoms with Crippen molar-refractivity contribution < 1.29 is 0 Å². The van der Waals surface area contributed by atoms with E-state index in [-0.39, 0.29) is 0 Å². The Morgan fingerprint density at radius 3 is 2.53 bits per heavy atom. The summed E-state index contributed by atoms with van der Waals surface area (Å²) in [6.07, 6.45) is 0. The van der Waals surface area contributed by atoms with E-state index in [2.05, 4.69) is 38.9 Å². The van der Waals surface area contributed by atoms with Gasteiger partial charge in [-0.3, -0.25) is 4.68 Å². The average molecular weight is 220 g/mol. The molecule has 2 rings (SSSR count). The number of thiophene rings is 1. The lowest BCUT2D eigenvalue weighted by Gasteiger charge is -1.98. The first-order valence-electron chi connectivity index (χ1n) is 5.08. The van der Waals surface area contributed by atoms with Crippen molar-refractivity contribution in [3.63, 3.8) is 0 Å². The molecule has 0 atom stereocenters. The summed E-state index contributed by atoms with van der Waals surface area (Å²) in [4.78, 5) is 2.63. The van der Waals surface area contributed by atoms with E-state index >= 15 is 0 Å². The van der Waals surface area contributed by atoms with Gasteiger partial charge in [0.05, 0.1) is 5.69 Å². The van der Waals surface area contributed by atoms with E-state index in [1.807, 2.05) is 23.1 Å². The van der Waals surface area contributed by atoms with Gasteiger partial charge >= 0.3 is 0 Å². The lowest BCUT2D eigenvalue weighted by Crippen LogP contribution is -1.88. The maximum Gasteiger partial charge on any atom is 0.121 e. The Morgan fingerprint density at radius 2 is 2.00 bits per heavy atom. The van der Waals surface area contributed by atoms with Crippen LogP contribution in [0, 0.1) is 6.92 Å². The van der Waals surface area contributed by atoms with Gasteiger partial charge in [-0.2, -0.15) is 5.10 Å². The Kier molecular flexibility index (Phi) is 2.43. The fourth-order valence-corrected chi connectivity index (χ4v) is 2.87. The minimum atomic E-state index is 1.12. The second-order valence-corrected chi connectivity index (χ2v) is 5.19. The Morgan fingerprint density at radius 1 is 1.33 bits per heavy atom. The molecule has 2 nitrogen and oxygen atoms in total. The molecule has 0 aliphatic carbocycles. The van der Waals surface area contributed by atoms with Crippen molar-refractivity contribution >= 4 is 27.1 Å². The van der Waals surface area contributed by atoms with Crippen LogP contribution in [0.3, 0.4) is 0 Å². The molecule has 2 heterocycles. The molecule has 80 valence electrons. The number of hydrogen-bond acceptors (Lipinski definition) is 2. The third kappa shape index (κ3) is 1.61. The molecule has 0 aromatic carbocycles. The van der Waals surface area contributed by atoms with Gasteiger partial charge in [-0.15, -0.1) is 11.3 Å². The van der Waals surface area contributed by atoms with Crippen LogP contribution in [0.4, 0.5) is 0 Å². The van der Waals surface area contributed by atoms with Gasteiger partial charge in [0.1, 0.15) is 4.83 Å². The Labute approximate surface area is 94.2 Å². The molecule has 0 fully saturated rings. The third-order valence-electron chi connectivity index (χ3n) is 2.82. The summed E-state index contributed by atoms with van der Waals surface area (Å²) in [7, 11) is 2.01. The number of aryl methyl sites for hydroxylation is 2. The summed E-state index contributed by atoms with van der Waals surface area (Å²) >= 11 is 1.82. The van der Waals surface area contributed by atoms with Crippen LogP contribution in [0.15, 0.2) is 11.6 Å². The largest absolute Gasteiger partial charge is 0.258 e. The first-order valence-corrected chi connectivity index (χ1v) is 5.90. The Bertz CT molecular complexity index is 505. The molecule has 0 saturated heterocycles. The van der Waals surface area contributed by atoms with Gasteiger partial charge < -0.3 is 0 Å². The lowest BCUT2D eigenvalue weighted by atomic mass is 10.1. The quantitative estimate of drug-likeness (QED) is 0.715. The fraction of sp³-hybridized carbons (Fsp3) is 0.417. The van der Waals surface area contributed by atoms with Gasteiger partial charge in [0.2, 0.25) is 0 Å². The van der Waals surface area contributed by atoms with Crippen LogP contribution in [0.1, 0.15) is 31.3 Å². The van der Waals surface area contributed by atoms with Crippen LogP contribution in [-0.2, 0) is 7.05 Å².